The summed E-state index contributed by atoms with van der Waals surface area (Å²) in [6.45, 7) is 7.61. The Balaban J connectivity index is 1.62. The van der Waals surface area contributed by atoms with Gasteiger partial charge >= 0.3 is 6.09 Å². The van der Waals surface area contributed by atoms with Gasteiger partial charge in [-0.3, -0.25) is 0 Å². The van der Waals surface area contributed by atoms with Crippen LogP contribution in [0.5, 0.6) is 0 Å². The third-order valence-corrected chi connectivity index (χ3v) is 5.04. The van der Waals surface area contributed by atoms with Crippen LogP contribution in [-0.2, 0) is 24.2 Å². The maximum Gasteiger partial charge on any atom is 0.410 e. The Kier molecular flexibility index (Phi) is 5.15. The van der Waals surface area contributed by atoms with Crippen LogP contribution in [0.15, 0.2) is 17.5 Å². The number of nitrogens with zero attached hydrogens (tertiary/aromatic N) is 3. The first-order chi connectivity index (χ1) is 11.8. The summed E-state index contributed by atoms with van der Waals surface area (Å²) in [5.41, 5.74) is 2.08. The molecule has 8 heteroatoms. The van der Waals surface area contributed by atoms with Crippen molar-refractivity contribution in [1.29, 1.82) is 0 Å². The van der Waals surface area contributed by atoms with Gasteiger partial charge in [-0.2, -0.15) is 0 Å². The van der Waals surface area contributed by atoms with Crippen molar-refractivity contribution in [2.45, 2.75) is 45.9 Å². The molecule has 0 bridgehead atoms. The fourth-order valence-corrected chi connectivity index (χ4v) is 3.84. The SMILES string of the molecule is CC(C)(C)OC(=O)N1CCc2c(CNc3ccc(Cl)nn3)csc2C1. The number of anilines is 1. The van der Waals surface area contributed by atoms with Crippen molar-refractivity contribution < 1.29 is 9.53 Å². The number of aromatic nitrogens is 2. The number of rotatable bonds is 3. The van der Waals surface area contributed by atoms with E-state index in [-0.39, 0.29) is 6.09 Å². The molecule has 1 aliphatic heterocycles. The lowest BCUT2D eigenvalue weighted by atomic mass is 10.0. The molecular weight excluding hydrogens is 360 g/mol. The van der Waals surface area contributed by atoms with Gasteiger partial charge in [0.25, 0.3) is 0 Å². The minimum absolute atomic E-state index is 0.248. The van der Waals surface area contributed by atoms with Crippen molar-refractivity contribution in [1.82, 2.24) is 15.1 Å². The summed E-state index contributed by atoms with van der Waals surface area (Å²) in [5.74, 6) is 0.690. The number of amides is 1. The van der Waals surface area contributed by atoms with Crippen LogP contribution in [0, 0.1) is 0 Å². The van der Waals surface area contributed by atoms with Gasteiger partial charge in [0.15, 0.2) is 5.15 Å². The Morgan fingerprint density at radius 1 is 1.40 bits per heavy atom. The fourth-order valence-electron chi connectivity index (χ4n) is 2.62. The number of nitrogens with one attached hydrogen (secondary N) is 1. The van der Waals surface area contributed by atoms with Gasteiger partial charge in [0.2, 0.25) is 0 Å². The van der Waals surface area contributed by atoms with Gasteiger partial charge in [-0.1, -0.05) is 11.6 Å². The zero-order chi connectivity index (χ0) is 18.0. The highest BCUT2D eigenvalue weighted by atomic mass is 35.5. The molecule has 1 aliphatic rings. The molecule has 25 heavy (non-hydrogen) atoms. The van der Waals surface area contributed by atoms with E-state index in [1.807, 2.05) is 20.8 Å². The molecule has 3 rings (SSSR count). The van der Waals surface area contributed by atoms with Crippen molar-refractivity contribution in [2.75, 3.05) is 11.9 Å². The highest BCUT2D eigenvalue weighted by Crippen LogP contribution is 2.30. The number of carbonyl (C=O) groups is 1. The zero-order valence-corrected chi connectivity index (χ0v) is 16.1. The second-order valence-corrected chi connectivity index (χ2v) is 8.26. The van der Waals surface area contributed by atoms with E-state index in [1.165, 1.54) is 16.0 Å². The maximum absolute atomic E-state index is 12.2. The van der Waals surface area contributed by atoms with Crippen molar-refractivity contribution in [3.8, 4) is 0 Å². The normalized spacial score (nSPS) is 14.2. The van der Waals surface area contributed by atoms with Crippen LogP contribution < -0.4 is 5.32 Å². The first-order valence-electron chi connectivity index (χ1n) is 8.11. The van der Waals surface area contributed by atoms with Gasteiger partial charge in [-0.15, -0.1) is 21.5 Å². The van der Waals surface area contributed by atoms with Crippen molar-refractivity contribution in [2.24, 2.45) is 0 Å². The van der Waals surface area contributed by atoms with Gasteiger partial charge in [0.1, 0.15) is 11.4 Å². The molecule has 0 aliphatic carbocycles. The van der Waals surface area contributed by atoms with Gasteiger partial charge in [-0.05, 0) is 55.8 Å². The summed E-state index contributed by atoms with van der Waals surface area (Å²) < 4.78 is 5.47. The Bertz CT molecular complexity index is 755. The van der Waals surface area contributed by atoms with E-state index in [1.54, 1.807) is 28.4 Å². The Morgan fingerprint density at radius 3 is 2.88 bits per heavy atom. The minimum atomic E-state index is -0.471. The number of hydrogen-bond acceptors (Lipinski definition) is 6. The molecule has 3 heterocycles. The third kappa shape index (κ3) is 4.61. The van der Waals surface area contributed by atoms with E-state index in [2.05, 4.69) is 20.9 Å². The predicted molar refractivity (Wildman–Crippen MR) is 99.0 cm³/mol. The largest absolute Gasteiger partial charge is 0.444 e. The average Bonchev–Trinajstić information content (AvgIpc) is 2.95. The molecule has 0 radical (unpaired) electrons. The second kappa shape index (κ2) is 7.17. The quantitative estimate of drug-likeness (QED) is 0.868. The van der Waals surface area contributed by atoms with Gasteiger partial charge in [0.05, 0.1) is 6.54 Å². The van der Waals surface area contributed by atoms with Crippen LogP contribution >= 0.6 is 22.9 Å². The number of hydrogen-bond donors (Lipinski definition) is 1. The lowest BCUT2D eigenvalue weighted by Crippen LogP contribution is -2.39. The summed E-state index contributed by atoms with van der Waals surface area (Å²) >= 11 is 7.43. The molecule has 2 aromatic rings. The van der Waals surface area contributed by atoms with E-state index in [0.29, 0.717) is 30.6 Å². The molecule has 0 atom stereocenters. The van der Waals surface area contributed by atoms with Crippen LogP contribution in [0.4, 0.5) is 10.6 Å². The molecular formula is C17H21ClN4O2S. The van der Waals surface area contributed by atoms with Crippen LogP contribution in [0.1, 0.15) is 36.8 Å². The summed E-state index contributed by atoms with van der Waals surface area (Å²) in [7, 11) is 0. The van der Waals surface area contributed by atoms with Gasteiger partial charge in [0, 0.05) is 18.0 Å². The van der Waals surface area contributed by atoms with Crippen molar-refractivity contribution in [3.05, 3.63) is 38.7 Å². The molecule has 1 N–H and O–H groups in total. The highest BCUT2D eigenvalue weighted by molar-refractivity contribution is 7.10. The number of carbonyl (C=O) groups excluding carboxylic acids is 1. The molecule has 0 fully saturated rings. The summed E-state index contributed by atoms with van der Waals surface area (Å²) in [5, 5.41) is 13.6. The highest BCUT2D eigenvalue weighted by Gasteiger charge is 2.27. The standard InChI is InChI=1S/C17H21ClN4O2S/c1-17(2,3)24-16(23)22-7-6-12-11(10-25-13(12)9-22)8-19-15-5-4-14(18)20-21-15/h4-5,10H,6-9H2,1-3H3,(H,19,21). The Morgan fingerprint density at radius 2 is 2.20 bits per heavy atom. The summed E-state index contributed by atoms with van der Waals surface area (Å²) in [6, 6.07) is 3.51. The molecule has 0 saturated carbocycles. The number of fused-ring (bicyclic) bond motifs is 1. The Labute approximate surface area is 156 Å². The topological polar surface area (TPSA) is 67.3 Å². The van der Waals surface area contributed by atoms with Crippen LogP contribution in [0.2, 0.25) is 5.15 Å². The van der Waals surface area contributed by atoms with E-state index in [4.69, 9.17) is 16.3 Å². The molecule has 1 amide bonds. The third-order valence-electron chi connectivity index (χ3n) is 3.78. The van der Waals surface area contributed by atoms with Crippen LogP contribution in [0.3, 0.4) is 0 Å². The molecule has 0 saturated heterocycles. The molecule has 0 spiro atoms. The molecule has 134 valence electrons. The lowest BCUT2D eigenvalue weighted by molar-refractivity contribution is 0.0226. The van der Waals surface area contributed by atoms with E-state index < -0.39 is 5.60 Å². The molecule has 6 nitrogen and oxygen atoms in total. The monoisotopic (exact) mass is 380 g/mol. The fraction of sp³-hybridized carbons (Fsp3) is 0.471. The van der Waals surface area contributed by atoms with E-state index in [9.17, 15) is 4.79 Å². The maximum atomic E-state index is 12.2. The molecule has 0 unspecified atom stereocenters. The summed E-state index contributed by atoms with van der Waals surface area (Å²) in [4.78, 5) is 15.2. The number of thiophene rings is 1. The first-order valence-corrected chi connectivity index (χ1v) is 9.37. The van der Waals surface area contributed by atoms with E-state index in [0.717, 1.165) is 6.42 Å². The smallest absolute Gasteiger partial charge is 0.410 e. The van der Waals surface area contributed by atoms with Crippen molar-refractivity contribution >= 4 is 34.8 Å². The predicted octanol–water partition coefficient (Wildman–Crippen LogP) is 4.10. The first kappa shape index (κ1) is 17.9. The Hall–Kier alpha value is -1.86. The number of ether oxygens (including phenoxy) is 1. The van der Waals surface area contributed by atoms with E-state index >= 15 is 0 Å². The zero-order valence-electron chi connectivity index (χ0n) is 14.5. The molecule has 0 aromatic carbocycles. The molecule has 2 aromatic heterocycles. The van der Waals surface area contributed by atoms with Crippen LogP contribution in [0.25, 0.3) is 0 Å². The second-order valence-electron chi connectivity index (χ2n) is 6.91. The van der Waals surface area contributed by atoms with Gasteiger partial charge < -0.3 is 15.0 Å². The van der Waals surface area contributed by atoms with Crippen molar-refractivity contribution in [3.63, 3.8) is 0 Å². The number of halogens is 1. The van der Waals surface area contributed by atoms with Gasteiger partial charge in [-0.25, -0.2) is 4.79 Å². The summed E-state index contributed by atoms with van der Waals surface area (Å²) in [6.07, 6.45) is 0.587. The lowest BCUT2D eigenvalue weighted by Gasteiger charge is -2.30. The average molecular weight is 381 g/mol. The minimum Gasteiger partial charge on any atom is -0.444 e. The van der Waals surface area contributed by atoms with Crippen LogP contribution in [-0.4, -0.2) is 33.3 Å².